The number of carbonyl (C=O) groups is 1. The molecule has 3 atom stereocenters. The smallest absolute Gasteiger partial charge is 0.369 e. The van der Waals surface area contributed by atoms with Gasteiger partial charge in [-0.15, -0.1) is 0 Å². The quantitative estimate of drug-likeness (QED) is 0.383. The molecule has 1 aliphatic heterocycles. The van der Waals surface area contributed by atoms with Gasteiger partial charge in [0.2, 0.25) is 5.91 Å². The summed E-state index contributed by atoms with van der Waals surface area (Å²) in [4.78, 5) is 12.8. The predicted molar refractivity (Wildman–Crippen MR) is 143 cm³/mol. The van der Waals surface area contributed by atoms with E-state index >= 15 is 0 Å². The Morgan fingerprint density at radius 3 is 2.12 bits per heavy atom. The fourth-order valence-electron chi connectivity index (χ4n) is 5.83. The summed E-state index contributed by atoms with van der Waals surface area (Å²) in [5.74, 6) is -1.27. The van der Waals surface area contributed by atoms with Crippen LogP contribution < -0.4 is 15.4 Å². The molecular formula is C28H32F7N3O4S. The Kier molecular flexibility index (Phi) is 8.15. The third kappa shape index (κ3) is 5.59. The first kappa shape index (κ1) is 33.0. The molecule has 238 valence electrons. The van der Waals surface area contributed by atoms with Gasteiger partial charge in [-0.2, -0.15) is 26.3 Å². The summed E-state index contributed by atoms with van der Waals surface area (Å²) >= 11 is 0. The Labute approximate surface area is 244 Å². The molecule has 2 aliphatic rings. The number of hydrogen-bond acceptors (Lipinski definition) is 5. The van der Waals surface area contributed by atoms with Crippen molar-refractivity contribution in [2.45, 2.75) is 93.3 Å². The predicted octanol–water partition coefficient (Wildman–Crippen LogP) is 5.06. The van der Waals surface area contributed by atoms with E-state index < -0.39 is 67.2 Å². The number of alkyl halides is 6. The van der Waals surface area contributed by atoms with Gasteiger partial charge in [0.25, 0.3) is 15.6 Å². The Morgan fingerprint density at radius 2 is 1.60 bits per heavy atom. The average molecular weight is 640 g/mol. The highest BCUT2D eigenvalue weighted by atomic mass is 32.2. The zero-order valence-corrected chi connectivity index (χ0v) is 24.3. The van der Waals surface area contributed by atoms with Crippen LogP contribution >= 0.6 is 0 Å². The molecule has 1 saturated carbocycles. The number of aliphatic hydroxyl groups is 1. The highest BCUT2D eigenvalue weighted by molar-refractivity contribution is 7.92. The number of anilines is 1. The second-order valence-corrected chi connectivity index (χ2v) is 13.8. The highest BCUT2D eigenvalue weighted by Gasteiger charge is 2.71. The molecule has 0 bridgehead atoms. The van der Waals surface area contributed by atoms with Gasteiger partial charge in [-0.3, -0.25) is 9.10 Å². The molecule has 2 aromatic carbocycles. The molecule has 1 amide bonds. The molecule has 43 heavy (non-hydrogen) atoms. The van der Waals surface area contributed by atoms with Crippen LogP contribution in [0.25, 0.3) is 0 Å². The molecule has 15 heteroatoms. The topological polar surface area (TPSA) is 113 Å². The van der Waals surface area contributed by atoms with E-state index in [0.29, 0.717) is 25.0 Å². The molecule has 0 radical (unpaired) electrons. The van der Waals surface area contributed by atoms with Crippen LogP contribution in [-0.4, -0.2) is 49.4 Å². The fourth-order valence-corrected chi connectivity index (χ4v) is 7.54. The molecule has 1 aliphatic carbocycles. The van der Waals surface area contributed by atoms with Crippen molar-refractivity contribution in [3.8, 4) is 0 Å². The summed E-state index contributed by atoms with van der Waals surface area (Å²) in [5.41, 5.74) is -1.93. The van der Waals surface area contributed by atoms with E-state index in [-0.39, 0.29) is 36.6 Å². The first-order valence-electron chi connectivity index (χ1n) is 13.4. The first-order valence-corrected chi connectivity index (χ1v) is 14.9. The molecule has 1 unspecified atom stereocenters. The molecule has 4 N–H and O–H groups in total. The van der Waals surface area contributed by atoms with Crippen molar-refractivity contribution in [1.29, 1.82) is 0 Å². The van der Waals surface area contributed by atoms with Crippen LogP contribution in [0.4, 0.5) is 36.4 Å². The van der Waals surface area contributed by atoms with Crippen molar-refractivity contribution in [3.05, 3.63) is 59.4 Å². The number of amides is 1. The Bertz CT molecular complexity index is 1480. The molecule has 0 spiro atoms. The molecule has 0 saturated heterocycles. The van der Waals surface area contributed by atoms with Crippen LogP contribution in [0.1, 0.15) is 57.6 Å². The summed E-state index contributed by atoms with van der Waals surface area (Å²) in [6.07, 6.45) is -11.8. The average Bonchev–Trinajstić information content (AvgIpc) is 3.08. The summed E-state index contributed by atoms with van der Waals surface area (Å²) in [7, 11) is -4.60. The Balaban J connectivity index is 1.76. The van der Waals surface area contributed by atoms with Gasteiger partial charge in [0.1, 0.15) is 5.82 Å². The molecule has 7 nitrogen and oxygen atoms in total. The van der Waals surface area contributed by atoms with Gasteiger partial charge in [-0.05, 0) is 68.5 Å². The van der Waals surface area contributed by atoms with Crippen LogP contribution in [0, 0.1) is 11.2 Å². The van der Waals surface area contributed by atoms with E-state index in [1.165, 1.54) is 0 Å². The molecule has 4 rings (SSSR count). The van der Waals surface area contributed by atoms with Crippen LogP contribution in [0.2, 0.25) is 0 Å². The number of nitrogens with one attached hydrogen (secondary N) is 1. The zero-order chi connectivity index (χ0) is 32.4. The number of nitrogens with zero attached hydrogens (tertiary/aromatic N) is 1. The van der Waals surface area contributed by atoms with Crippen LogP contribution in [-0.2, 0) is 26.8 Å². The number of fused-ring (bicyclic) bond motifs is 1. The van der Waals surface area contributed by atoms with Gasteiger partial charge in [0.15, 0.2) is 0 Å². The van der Waals surface area contributed by atoms with Crippen molar-refractivity contribution in [1.82, 2.24) is 5.32 Å². The number of benzene rings is 2. The van der Waals surface area contributed by atoms with E-state index in [0.717, 1.165) is 34.6 Å². The SMILES string of the molecule is CC1(C)[C@@H](NC(=O)CC2CCc3cc(C(O)(C(F)(F)F)C(F)(F)F)ccc3N2S(=O)(=O)c2ccc(F)cc2)CC[C@@]1(C)N. The lowest BCUT2D eigenvalue weighted by Crippen LogP contribution is -2.55. The number of aryl methyl sites for hydroxylation is 1. The minimum absolute atomic E-state index is 0.149. The Hall–Kier alpha value is -2.91. The minimum Gasteiger partial charge on any atom is -0.369 e. The molecule has 0 aromatic heterocycles. The van der Waals surface area contributed by atoms with Gasteiger partial charge in [0, 0.05) is 29.0 Å². The number of nitrogens with two attached hydrogens (primary N) is 1. The van der Waals surface area contributed by atoms with Gasteiger partial charge in [-0.1, -0.05) is 26.0 Å². The van der Waals surface area contributed by atoms with E-state index in [2.05, 4.69) is 5.32 Å². The highest BCUT2D eigenvalue weighted by Crippen LogP contribution is 2.51. The van der Waals surface area contributed by atoms with Crippen molar-refractivity contribution in [3.63, 3.8) is 0 Å². The monoisotopic (exact) mass is 639 g/mol. The number of sulfonamides is 1. The number of carbonyl (C=O) groups excluding carboxylic acids is 1. The second kappa shape index (κ2) is 10.6. The van der Waals surface area contributed by atoms with Crippen molar-refractivity contribution in [2.75, 3.05) is 4.31 Å². The van der Waals surface area contributed by atoms with E-state index in [4.69, 9.17) is 5.73 Å². The second-order valence-electron chi connectivity index (χ2n) is 12.0. The first-order chi connectivity index (χ1) is 19.5. The third-order valence-corrected chi connectivity index (χ3v) is 10.9. The summed E-state index contributed by atoms with van der Waals surface area (Å²) in [5, 5.41) is 12.8. The van der Waals surface area contributed by atoms with Crippen molar-refractivity contribution >= 4 is 21.6 Å². The lowest BCUT2D eigenvalue weighted by Gasteiger charge is -2.40. The number of halogens is 7. The van der Waals surface area contributed by atoms with E-state index in [1.807, 2.05) is 20.8 Å². The Morgan fingerprint density at radius 1 is 1.02 bits per heavy atom. The van der Waals surface area contributed by atoms with Crippen LogP contribution in [0.5, 0.6) is 0 Å². The van der Waals surface area contributed by atoms with Gasteiger partial charge < -0.3 is 16.2 Å². The molecule has 1 heterocycles. The molecular weight excluding hydrogens is 607 g/mol. The largest absolute Gasteiger partial charge is 0.430 e. The minimum atomic E-state index is -6.14. The maximum absolute atomic E-state index is 13.8. The summed E-state index contributed by atoms with van der Waals surface area (Å²) < 4.78 is 123. The maximum Gasteiger partial charge on any atom is 0.430 e. The lowest BCUT2D eigenvalue weighted by atomic mass is 9.75. The van der Waals surface area contributed by atoms with E-state index in [1.54, 1.807) is 0 Å². The van der Waals surface area contributed by atoms with Gasteiger partial charge in [0.05, 0.1) is 16.6 Å². The maximum atomic E-state index is 13.8. The van der Waals surface area contributed by atoms with Crippen LogP contribution in [0.15, 0.2) is 47.4 Å². The van der Waals surface area contributed by atoms with Crippen molar-refractivity contribution in [2.24, 2.45) is 11.1 Å². The molecule has 1 fully saturated rings. The third-order valence-electron chi connectivity index (χ3n) is 9.06. The number of hydrogen-bond donors (Lipinski definition) is 3. The van der Waals surface area contributed by atoms with Gasteiger partial charge in [-0.25, -0.2) is 12.8 Å². The summed E-state index contributed by atoms with van der Waals surface area (Å²) in [6.45, 7) is 5.66. The number of rotatable bonds is 6. The normalized spacial score (nSPS) is 24.5. The fraction of sp³-hybridized carbons (Fsp3) is 0.536. The van der Waals surface area contributed by atoms with Crippen molar-refractivity contribution < 1.29 is 49.1 Å². The lowest BCUT2D eigenvalue weighted by molar-refractivity contribution is -0.376. The molecule has 2 aromatic rings. The zero-order valence-electron chi connectivity index (χ0n) is 23.5. The standard InChI is InChI=1S/C28H32F7N3O4S/c1-24(2)22(12-13-25(24,3)36)37-23(39)15-19-8-4-16-14-17(26(40,27(30,31)32)28(33,34)35)5-11-21(16)38(19)43(41,42)20-9-6-18(29)7-10-20/h5-7,9-11,14,19,22,40H,4,8,12-13,15,36H2,1-3H3,(H,37,39)/t19?,22-,25+/m0/s1. The summed E-state index contributed by atoms with van der Waals surface area (Å²) in [6, 6.07) is 3.83. The van der Waals surface area contributed by atoms with E-state index in [9.17, 15) is 49.1 Å². The van der Waals surface area contributed by atoms with Gasteiger partial charge >= 0.3 is 12.4 Å². The van der Waals surface area contributed by atoms with Crippen LogP contribution in [0.3, 0.4) is 0 Å².